The summed E-state index contributed by atoms with van der Waals surface area (Å²) in [7, 11) is 3.80. The summed E-state index contributed by atoms with van der Waals surface area (Å²) in [6.45, 7) is 2.04. The van der Waals surface area contributed by atoms with E-state index in [0.29, 0.717) is 12.5 Å². The molecule has 0 radical (unpaired) electrons. The maximum absolute atomic E-state index is 7.38. The predicted octanol–water partition coefficient (Wildman–Crippen LogP) is 2.08. The molecule has 1 aromatic rings. The molecule has 1 aromatic heterocycles. The summed E-state index contributed by atoms with van der Waals surface area (Å²) in [6.07, 6.45) is 10.5. The molecule has 3 rings (SSSR count). The third-order valence-electron chi connectivity index (χ3n) is 4.98. The molecule has 2 aliphatic rings. The topological polar surface area (TPSA) is 77.3 Å². The number of rotatable bonds is 5. The van der Waals surface area contributed by atoms with Crippen LogP contribution in [0.4, 0.5) is 5.82 Å². The van der Waals surface area contributed by atoms with E-state index in [9.17, 15) is 0 Å². The van der Waals surface area contributed by atoms with Gasteiger partial charge in [0, 0.05) is 49.9 Å². The van der Waals surface area contributed by atoms with Gasteiger partial charge in [-0.05, 0) is 32.7 Å². The number of nitrogens with one attached hydrogen (secondary N) is 2. The molecule has 128 valence electrons. The van der Waals surface area contributed by atoms with Gasteiger partial charge in [0.25, 0.3) is 0 Å². The van der Waals surface area contributed by atoms with E-state index in [1.165, 1.54) is 11.8 Å². The van der Waals surface area contributed by atoms with E-state index < -0.39 is 0 Å². The zero-order chi connectivity index (χ0) is 16.9. The van der Waals surface area contributed by atoms with E-state index in [1.807, 2.05) is 7.05 Å². The summed E-state index contributed by atoms with van der Waals surface area (Å²) in [5.41, 5.74) is 4.10. The number of hydrogen-bond acceptors (Lipinski definition) is 6. The van der Waals surface area contributed by atoms with Crippen LogP contribution in [0.2, 0.25) is 0 Å². The molecule has 0 spiro atoms. The van der Waals surface area contributed by atoms with Gasteiger partial charge < -0.3 is 15.6 Å². The van der Waals surface area contributed by atoms with E-state index in [-0.39, 0.29) is 0 Å². The van der Waals surface area contributed by atoms with Crippen LogP contribution in [-0.2, 0) is 6.42 Å². The van der Waals surface area contributed by atoms with E-state index in [4.69, 9.17) is 5.41 Å². The Morgan fingerprint density at radius 2 is 2.21 bits per heavy atom. The number of aliphatic imine (C=N–C) groups is 1. The fourth-order valence-corrected chi connectivity index (χ4v) is 3.57. The van der Waals surface area contributed by atoms with Crippen LogP contribution in [0.15, 0.2) is 11.1 Å². The van der Waals surface area contributed by atoms with Gasteiger partial charge in [-0.2, -0.15) is 0 Å². The van der Waals surface area contributed by atoms with Gasteiger partial charge in [0.15, 0.2) is 5.82 Å². The van der Waals surface area contributed by atoms with Gasteiger partial charge in [-0.1, -0.05) is 12.2 Å². The largest absolute Gasteiger partial charge is 0.355 e. The summed E-state index contributed by atoms with van der Waals surface area (Å²) < 4.78 is 0. The molecule has 0 saturated carbocycles. The van der Waals surface area contributed by atoms with Crippen molar-refractivity contribution < 1.29 is 0 Å². The third-order valence-corrected chi connectivity index (χ3v) is 4.98. The number of anilines is 1. The number of piperidine rings is 1. The third kappa shape index (κ3) is 3.24. The molecule has 0 unspecified atom stereocenters. The van der Waals surface area contributed by atoms with Crippen LogP contribution in [0.25, 0.3) is 6.08 Å². The summed E-state index contributed by atoms with van der Waals surface area (Å²) in [4.78, 5) is 6.70. The van der Waals surface area contributed by atoms with E-state index in [1.54, 1.807) is 7.05 Å². The number of fused-ring (bicyclic) bond motifs is 1. The van der Waals surface area contributed by atoms with Crippen LogP contribution >= 0.6 is 0 Å². The van der Waals surface area contributed by atoms with Gasteiger partial charge >= 0.3 is 0 Å². The maximum atomic E-state index is 7.38. The Balaban J connectivity index is 1.95. The van der Waals surface area contributed by atoms with Gasteiger partial charge in [0.1, 0.15) is 5.69 Å². The molecular weight excluding hydrogens is 300 g/mol. The lowest BCUT2D eigenvalue weighted by Crippen LogP contribution is -2.42. The zero-order valence-electron chi connectivity index (χ0n) is 14.5. The van der Waals surface area contributed by atoms with Crippen molar-refractivity contribution in [1.82, 2.24) is 15.5 Å². The van der Waals surface area contributed by atoms with Crippen molar-refractivity contribution in [3.8, 4) is 0 Å². The van der Waals surface area contributed by atoms with Crippen LogP contribution < -0.4 is 10.2 Å². The first-order valence-electron chi connectivity index (χ1n) is 8.71. The van der Waals surface area contributed by atoms with Gasteiger partial charge in [0.2, 0.25) is 0 Å². The Bertz CT molecular complexity index is 656. The lowest BCUT2D eigenvalue weighted by molar-refractivity contribution is 0.439. The molecule has 0 atom stereocenters. The SMILES string of the molecule is CN=C(CC=N)c1nnc(N2CCC(NC)CC2)c2c1C=CCC2. The number of aromatic nitrogens is 2. The van der Waals surface area contributed by atoms with E-state index in [0.717, 1.165) is 61.6 Å². The minimum Gasteiger partial charge on any atom is -0.355 e. The Hall–Kier alpha value is -2.08. The average molecular weight is 326 g/mol. The highest BCUT2D eigenvalue weighted by atomic mass is 15.3. The quantitative estimate of drug-likeness (QED) is 0.812. The second kappa shape index (κ2) is 7.66. The second-order valence-corrected chi connectivity index (χ2v) is 6.33. The van der Waals surface area contributed by atoms with Crippen LogP contribution in [0, 0.1) is 5.41 Å². The van der Waals surface area contributed by atoms with Crippen molar-refractivity contribution in [2.24, 2.45) is 4.99 Å². The van der Waals surface area contributed by atoms with E-state index >= 15 is 0 Å². The molecule has 0 aromatic carbocycles. The minimum absolute atomic E-state index is 0.498. The molecule has 2 heterocycles. The summed E-state index contributed by atoms with van der Waals surface area (Å²) >= 11 is 0. The Morgan fingerprint density at radius 3 is 2.88 bits per heavy atom. The maximum Gasteiger partial charge on any atom is 0.155 e. The number of allylic oxidation sites excluding steroid dienone is 1. The molecule has 6 nitrogen and oxygen atoms in total. The molecule has 24 heavy (non-hydrogen) atoms. The highest BCUT2D eigenvalue weighted by Gasteiger charge is 2.25. The second-order valence-electron chi connectivity index (χ2n) is 6.33. The summed E-state index contributed by atoms with van der Waals surface area (Å²) in [6, 6.07) is 0.607. The van der Waals surface area contributed by atoms with Gasteiger partial charge in [-0.25, -0.2) is 0 Å². The Kier molecular flexibility index (Phi) is 5.35. The summed E-state index contributed by atoms with van der Waals surface area (Å²) in [5, 5.41) is 19.8. The molecule has 6 heteroatoms. The van der Waals surface area contributed by atoms with Gasteiger partial charge in [-0.3, -0.25) is 4.99 Å². The average Bonchev–Trinajstić information content (AvgIpc) is 2.65. The molecule has 0 bridgehead atoms. The lowest BCUT2D eigenvalue weighted by Gasteiger charge is -2.34. The van der Waals surface area contributed by atoms with Crippen molar-refractivity contribution >= 4 is 23.8 Å². The molecule has 2 N–H and O–H groups in total. The first kappa shape index (κ1) is 16.8. The van der Waals surface area contributed by atoms with Crippen LogP contribution in [0.5, 0.6) is 0 Å². The Labute approximate surface area is 143 Å². The molecular formula is C18H26N6. The lowest BCUT2D eigenvalue weighted by atomic mass is 9.93. The minimum atomic E-state index is 0.498. The number of nitrogens with zero attached hydrogens (tertiary/aromatic N) is 4. The van der Waals surface area contributed by atoms with Crippen molar-refractivity contribution in [2.75, 3.05) is 32.1 Å². The van der Waals surface area contributed by atoms with Crippen LogP contribution in [0.1, 0.15) is 42.5 Å². The fraction of sp³-hybridized carbons (Fsp3) is 0.556. The zero-order valence-corrected chi connectivity index (χ0v) is 14.5. The first-order valence-corrected chi connectivity index (χ1v) is 8.71. The molecule has 1 aliphatic carbocycles. The van der Waals surface area contributed by atoms with Crippen molar-refractivity contribution in [3.05, 3.63) is 22.9 Å². The molecule has 1 aliphatic heterocycles. The van der Waals surface area contributed by atoms with Crippen molar-refractivity contribution in [2.45, 2.75) is 38.1 Å². The van der Waals surface area contributed by atoms with Crippen molar-refractivity contribution in [3.63, 3.8) is 0 Å². The smallest absolute Gasteiger partial charge is 0.155 e. The van der Waals surface area contributed by atoms with Crippen LogP contribution in [0.3, 0.4) is 0 Å². The van der Waals surface area contributed by atoms with Crippen molar-refractivity contribution in [1.29, 1.82) is 5.41 Å². The monoisotopic (exact) mass is 326 g/mol. The molecule has 0 amide bonds. The molecule has 1 saturated heterocycles. The highest BCUT2D eigenvalue weighted by Crippen LogP contribution is 2.31. The van der Waals surface area contributed by atoms with Gasteiger partial charge in [0.05, 0.1) is 5.71 Å². The Morgan fingerprint density at radius 1 is 1.42 bits per heavy atom. The predicted molar refractivity (Wildman–Crippen MR) is 99.5 cm³/mol. The highest BCUT2D eigenvalue weighted by molar-refractivity contribution is 6.08. The normalized spacial score (nSPS) is 18.6. The summed E-state index contributed by atoms with van der Waals surface area (Å²) in [5.74, 6) is 1.04. The standard InChI is InChI=1S/C18H26N6/c1-20-13-8-11-24(12-9-13)18-15-6-4-3-5-14(15)17(22-23-18)16(21-2)7-10-19/h3,5,10,13,19-20H,4,6-9,11-12H2,1-2H3. The first-order chi connectivity index (χ1) is 11.8. The van der Waals surface area contributed by atoms with E-state index in [2.05, 4.69) is 37.6 Å². The van der Waals surface area contributed by atoms with Crippen LogP contribution in [-0.4, -0.2) is 55.4 Å². The number of hydrogen-bond donors (Lipinski definition) is 2. The fourth-order valence-electron chi connectivity index (χ4n) is 3.57. The van der Waals surface area contributed by atoms with Gasteiger partial charge in [-0.15, -0.1) is 10.2 Å². The molecule has 1 fully saturated rings.